The first-order chi connectivity index (χ1) is 14.2. The molecule has 1 aromatic heterocycles. The highest BCUT2D eigenvalue weighted by atomic mass is 32.2. The van der Waals surface area contributed by atoms with E-state index < -0.39 is 21.7 Å². The van der Waals surface area contributed by atoms with E-state index in [9.17, 15) is 22.4 Å². The number of hydrogen-bond acceptors (Lipinski definition) is 4. The predicted octanol–water partition coefficient (Wildman–Crippen LogP) is 2.31. The Bertz CT molecular complexity index is 1060. The number of rotatable bonds is 7. The number of anilines is 1. The molecular weight excluding hydrogens is 411 g/mol. The monoisotopic (exact) mass is 436 g/mol. The quantitative estimate of drug-likeness (QED) is 0.618. The van der Waals surface area contributed by atoms with Gasteiger partial charge in [0.05, 0.1) is 11.3 Å². The lowest BCUT2D eigenvalue weighted by atomic mass is 10.2. The van der Waals surface area contributed by atoms with E-state index in [4.69, 9.17) is 0 Å². The van der Waals surface area contributed by atoms with Crippen LogP contribution in [0.4, 0.5) is 10.1 Å². The number of hydrogen-bond donors (Lipinski definition) is 3. The normalized spacial score (nSPS) is 14.2. The van der Waals surface area contributed by atoms with Crippen molar-refractivity contribution in [2.75, 3.05) is 25.0 Å². The number of carbonyl (C=O) groups excluding carboxylic acids is 2. The molecule has 0 radical (unpaired) electrons. The average molecular weight is 437 g/mol. The van der Waals surface area contributed by atoms with Crippen molar-refractivity contribution in [2.24, 2.45) is 0 Å². The fraction of sp³-hybridized carbons (Fsp3) is 0.400. The summed E-state index contributed by atoms with van der Waals surface area (Å²) in [6.45, 7) is 4.27. The standard InChI is InChI=1S/C20H25FN4O4S/c1-13-18(20(27)25-11-5-6-12-25)19(14(2)23-13)30(28,29)22-10-9-17(26)24-16-8-4-3-7-15(16)21/h3-4,7-8,22-23H,5-6,9-12H2,1-2H3,(H,24,26). The molecule has 0 atom stereocenters. The summed E-state index contributed by atoms with van der Waals surface area (Å²) in [6, 6.07) is 5.71. The molecule has 162 valence electrons. The number of aromatic nitrogens is 1. The van der Waals surface area contributed by atoms with Crippen molar-refractivity contribution < 1.29 is 22.4 Å². The highest BCUT2D eigenvalue weighted by Crippen LogP contribution is 2.26. The van der Waals surface area contributed by atoms with Gasteiger partial charge in [0.1, 0.15) is 10.7 Å². The molecule has 8 nitrogen and oxygen atoms in total. The molecular formula is C20H25FN4O4S. The van der Waals surface area contributed by atoms with E-state index in [1.807, 2.05) is 0 Å². The van der Waals surface area contributed by atoms with Gasteiger partial charge in [-0.3, -0.25) is 9.59 Å². The topological polar surface area (TPSA) is 111 Å². The van der Waals surface area contributed by atoms with Crippen LogP contribution < -0.4 is 10.0 Å². The molecule has 2 heterocycles. The third kappa shape index (κ3) is 4.71. The first kappa shape index (κ1) is 22.0. The molecule has 0 saturated carbocycles. The van der Waals surface area contributed by atoms with Crippen LogP contribution in [0.1, 0.15) is 41.0 Å². The second-order valence-corrected chi connectivity index (χ2v) is 8.96. The van der Waals surface area contributed by atoms with Crippen LogP contribution in [0.25, 0.3) is 0 Å². The van der Waals surface area contributed by atoms with E-state index in [-0.39, 0.29) is 35.0 Å². The van der Waals surface area contributed by atoms with E-state index >= 15 is 0 Å². The fourth-order valence-corrected chi connectivity index (χ4v) is 5.05. The lowest BCUT2D eigenvalue weighted by molar-refractivity contribution is -0.116. The van der Waals surface area contributed by atoms with E-state index in [2.05, 4.69) is 15.0 Å². The van der Waals surface area contributed by atoms with Crippen LogP contribution in [-0.2, 0) is 14.8 Å². The van der Waals surface area contributed by atoms with Gasteiger partial charge in [0, 0.05) is 37.4 Å². The Balaban J connectivity index is 1.69. The van der Waals surface area contributed by atoms with E-state index in [0.29, 0.717) is 24.5 Å². The summed E-state index contributed by atoms with van der Waals surface area (Å²) in [6.07, 6.45) is 1.60. The van der Waals surface area contributed by atoms with Gasteiger partial charge in [0.15, 0.2) is 0 Å². The molecule has 1 aliphatic heterocycles. The Hall–Kier alpha value is -2.72. The Morgan fingerprint density at radius 3 is 2.47 bits per heavy atom. The van der Waals surface area contributed by atoms with Crippen LogP contribution in [-0.4, -0.2) is 49.8 Å². The van der Waals surface area contributed by atoms with Crippen molar-refractivity contribution in [3.63, 3.8) is 0 Å². The van der Waals surface area contributed by atoms with Crippen LogP contribution in [0.5, 0.6) is 0 Å². The van der Waals surface area contributed by atoms with E-state index in [1.54, 1.807) is 24.8 Å². The van der Waals surface area contributed by atoms with Crippen LogP contribution >= 0.6 is 0 Å². The number of nitrogens with one attached hydrogen (secondary N) is 3. The second-order valence-electron chi connectivity index (χ2n) is 7.25. The van der Waals surface area contributed by atoms with Gasteiger partial charge in [0.25, 0.3) is 5.91 Å². The van der Waals surface area contributed by atoms with Crippen molar-refractivity contribution in [1.82, 2.24) is 14.6 Å². The van der Waals surface area contributed by atoms with Crippen molar-refractivity contribution in [3.8, 4) is 0 Å². The fourth-order valence-electron chi connectivity index (χ4n) is 3.58. The maximum absolute atomic E-state index is 13.6. The largest absolute Gasteiger partial charge is 0.361 e. The van der Waals surface area contributed by atoms with Crippen molar-refractivity contribution in [1.29, 1.82) is 0 Å². The number of carbonyl (C=O) groups is 2. The summed E-state index contributed by atoms with van der Waals surface area (Å²) in [5.41, 5.74) is 1.01. The Morgan fingerprint density at radius 1 is 1.13 bits per heavy atom. The molecule has 10 heteroatoms. The van der Waals surface area contributed by atoms with Crippen molar-refractivity contribution in [3.05, 3.63) is 47.0 Å². The van der Waals surface area contributed by atoms with Crippen LogP contribution in [0.2, 0.25) is 0 Å². The van der Waals surface area contributed by atoms with Gasteiger partial charge >= 0.3 is 0 Å². The predicted molar refractivity (Wildman–Crippen MR) is 110 cm³/mol. The molecule has 0 bridgehead atoms. The lowest BCUT2D eigenvalue weighted by Gasteiger charge is -2.17. The zero-order valence-electron chi connectivity index (χ0n) is 16.9. The minimum Gasteiger partial charge on any atom is -0.361 e. The number of H-pyrrole nitrogens is 1. The van der Waals surface area contributed by atoms with Crippen LogP contribution in [0.3, 0.4) is 0 Å². The molecule has 1 aliphatic rings. The molecule has 1 fully saturated rings. The van der Waals surface area contributed by atoms with Gasteiger partial charge in [-0.25, -0.2) is 17.5 Å². The first-order valence-corrected chi connectivity index (χ1v) is 11.2. The molecule has 30 heavy (non-hydrogen) atoms. The van der Waals surface area contributed by atoms with E-state index in [0.717, 1.165) is 12.8 Å². The SMILES string of the molecule is Cc1[nH]c(C)c(S(=O)(=O)NCCC(=O)Nc2ccccc2F)c1C(=O)N1CCCC1. The summed E-state index contributed by atoms with van der Waals surface area (Å²) in [4.78, 5) is 29.4. The molecule has 3 rings (SSSR count). The third-order valence-corrected chi connectivity index (χ3v) is 6.62. The molecule has 0 unspecified atom stereocenters. The van der Waals surface area contributed by atoms with E-state index in [1.165, 1.54) is 18.2 Å². The number of aromatic amines is 1. The molecule has 0 aliphatic carbocycles. The Labute approximate surface area is 174 Å². The Kier molecular flexibility index (Phi) is 6.57. The van der Waals surface area contributed by atoms with Gasteiger partial charge in [-0.2, -0.15) is 0 Å². The van der Waals surface area contributed by atoms with Gasteiger partial charge in [0.2, 0.25) is 15.9 Å². The molecule has 0 spiro atoms. The summed E-state index contributed by atoms with van der Waals surface area (Å²) >= 11 is 0. The number of likely N-dealkylation sites (tertiary alicyclic amines) is 1. The van der Waals surface area contributed by atoms with Gasteiger partial charge in [-0.05, 0) is 38.8 Å². The highest BCUT2D eigenvalue weighted by molar-refractivity contribution is 7.89. The average Bonchev–Trinajstić information content (AvgIpc) is 3.31. The van der Waals surface area contributed by atoms with Gasteiger partial charge < -0.3 is 15.2 Å². The number of sulfonamides is 1. The van der Waals surface area contributed by atoms with Crippen LogP contribution in [0, 0.1) is 19.7 Å². The maximum Gasteiger partial charge on any atom is 0.257 e. The third-order valence-electron chi connectivity index (χ3n) is 4.99. The zero-order valence-corrected chi connectivity index (χ0v) is 17.7. The van der Waals surface area contributed by atoms with Gasteiger partial charge in [-0.1, -0.05) is 12.1 Å². The molecule has 2 aromatic rings. The number of amides is 2. The zero-order chi connectivity index (χ0) is 21.9. The molecule has 3 N–H and O–H groups in total. The number of para-hydroxylation sites is 1. The minimum atomic E-state index is -4.03. The summed E-state index contributed by atoms with van der Waals surface area (Å²) < 4.78 is 41.8. The first-order valence-electron chi connectivity index (χ1n) is 9.73. The van der Waals surface area contributed by atoms with Crippen molar-refractivity contribution in [2.45, 2.75) is 38.0 Å². The summed E-state index contributed by atoms with van der Waals surface area (Å²) in [7, 11) is -4.03. The number of aryl methyl sites for hydroxylation is 2. The van der Waals surface area contributed by atoms with Crippen LogP contribution in [0.15, 0.2) is 29.2 Å². The summed E-state index contributed by atoms with van der Waals surface area (Å²) in [5.74, 6) is -1.42. The lowest BCUT2D eigenvalue weighted by Crippen LogP contribution is -2.32. The number of nitrogens with zero attached hydrogens (tertiary/aromatic N) is 1. The molecule has 1 aromatic carbocycles. The van der Waals surface area contributed by atoms with Crippen molar-refractivity contribution >= 4 is 27.5 Å². The second kappa shape index (κ2) is 8.97. The molecule has 1 saturated heterocycles. The Morgan fingerprint density at radius 2 is 1.80 bits per heavy atom. The van der Waals surface area contributed by atoms with Gasteiger partial charge in [-0.15, -0.1) is 0 Å². The smallest absolute Gasteiger partial charge is 0.257 e. The number of benzene rings is 1. The number of halogens is 1. The molecule has 2 amide bonds. The maximum atomic E-state index is 13.6. The highest BCUT2D eigenvalue weighted by Gasteiger charge is 2.32. The summed E-state index contributed by atoms with van der Waals surface area (Å²) in [5, 5.41) is 2.40. The minimum absolute atomic E-state index is 0.0287.